The Morgan fingerprint density at radius 3 is 2.62 bits per heavy atom. The van der Waals surface area contributed by atoms with Crippen LogP contribution in [0.25, 0.3) is 0 Å². The zero-order chi connectivity index (χ0) is 17.7. The Morgan fingerprint density at radius 1 is 1.42 bits per heavy atom. The molecule has 0 saturated carbocycles. The van der Waals surface area contributed by atoms with Crippen LogP contribution in [0.5, 0.6) is 0 Å². The van der Waals surface area contributed by atoms with Crippen LogP contribution < -0.4 is 16.2 Å². The fraction of sp³-hybridized carbons (Fsp3) is 0.667. The second kappa shape index (κ2) is 7.89. The quantitative estimate of drug-likeness (QED) is 0.359. The van der Waals surface area contributed by atoms with Crippen molar-refractivity contribution < 1.29 is 9.50 Å². The minimum atomic E-state index is -0.754. The number of H-pyrrole nitrogens is 1. The molecule has 1 fully saturated rings. The van der Waals surface area contributed by atoms with Crippen LogP contribution >= 0.6 is 0 Å². The summed E-state index contributed by atoms with van der Waals surface area (Å²) in [5, 5.41) is 11.0. The molecule has 9 heteroatoms. The Kier molecular flexibility index (Phi) is 5.88. The van der Waals surface area contributed by atoms with Gasteiger partial charge in [-0.3, -0.25) is 30.2 Å². The average Bonchev–Trinajstić information content (AvgIpc) is 2.55. The van der Waals surface area contributed by atoms with E-state index >= 15 is 0 Å². The molecular formula is C15H25N6O3+. The van der Waals surface area contributed by atoms with E-state index < -0.39 is 16.2 Å². The minimum Gasteiger partial charge on any atom is -0.290 e. The Labute approximate surface area is 140 Å². The first-order valence-electron chi connectivity index (χ1n) is 8.36. The van der Waals surface area contributed by atoms with Gasteiger partial charge in [0, 0.05) is 0 Å². The number of aromatic nitrogens is 2. The average molecular weight is 337 g/mol. The van der Waals surface area contributed by atoms with Gasteiger partial charge >= 0.3 is 17.2 Å². The first-order valence-corrected chi connectivity index (χ1v) is 8.36. The van der Waals surface area contributed by atoms with Gasteiger partial charge in [0.25, 0.3) is 5.95 Å². The van der Waals surface area contributed by atoms with Gasteiger partial charge in [-0.05, 0) is 32.6 Å². The summed E-state index contributed by atoms with van der Waals surface area (Å²) in [5.74, 6) is 0.805. The van der Waals surface area contributed by atoms with Gasteiger partial charge in [-0.15, -0.1) is 0 Å². The number of nitro groups is 1. The number of hydrogen-bond donors (Lipinski definition) is 2. The van der Waals surface area contributed by atoms with Crippen LogP contribution in [0.3, 0.4) is 0 Å². The highest BCUT2D eigenvalue weighted by molar-refractivity contribution is 5.89. The molecule has 24 heavy (non-hydrogen) atoms. The molecule has 1 saturated heterocycles. The van der Waals surface area contributed by atoms with Crippen molar-refractivity contribution in [1.82, 2.24) is 9.97 Å². The number of aromatic amines is 1. The van der Waals surface area contributed by atoms with Crippen LogP contribution in [0.4, 0.5) is 11.6 Å². The smallest absolute Gasteiger partial charge is 0.290 e. The first-order chi connectivity index (χ1) is 11.5. The van der Waals surface area contributed by atoms with Crippen molar-refractivity contribution in [1.29, 1.82) is 0 Å². The predicted molar refractivity (Wildman–Crippen MR) is 91.5 cm³/mol. The molecular weight excluding hydrogens is 312 g/mol. The van der Waals surface area contributed by atoms with Crippen LogP contribution in [0, 0.1) is 17.0 Å². The van der Waals surface area contributed by atoms with E-state index in [2.05, 4.69) is 21.5 Å². The number of piperidine rings is 1. The van der Waals surface area contributed by atoms with Gasteiger partial charge in [-0.25, -0.2) is 4.90 Å². The second-order valence-electron chi connectivity index (χ2n) is 5.99. The van der Waals surface area contributed by atoms with Crippen molar-refractivity contribution in [3.63, 3.8) is 0 Å². The minimum absolute atomic E-state index is 0.0895. The van der Waals surface area contributed by atoms with E-state index in [1.54, 1.807) is 4.90 Å². The van der Waals surface area contributed by atoms with Crippen molar-refractivity contribution >= 4 is 17.6 Å². The van der Waals surface area contributed by atoms with Gasteiger partial charge in [0.15, 0.2) is 0 Å². The normalized spacial score (nSPS) is 14.5. The zero-order valence-corrected chi connectivity index (χ0v) is 14.2. The van der Waals surface area contributed by atoms with Crippen LogP contribution in [-0.4, -0.2) is 45.1 Å². The van der Waals surface area contributed by atoms with E-state index in [9.17, 15) is 14.9 Å². The standard InChI is InChI=1S/C15H24N6O3/c1-3-4-10-20(14(16)19-8-6-5-7-9-19)15-17-11(2)12(21(23)24)13(22)18-15/h16H,3-10H2,1-2H3,(H,17,18,22)/p+1. The molecule has 1 aromatic rings. The van der Waals surface area contributed by atoms with Crippen molar-refractivity contribution in [2.24, 2.45) is 5.73 Å². The fourth-order valence-corrected chi connectivity index (χ4v) is 2.85. The maximum atomic E-state index is 12.1. The number of nitrogens with zero attached hydrogens (tertiary/aromatic N) is 4. The summed E-state index contributed by atoms with van der Waals surface area (Å²) in [7, 11) is 0. The number of unbranched alkanes of at least 4 members (excludes halogenated alkanes) is 1. The molecule has 0 radical (unpaired) electrons. The molecule has 132 valence electrons. The number of nitrogens with two attached hydrogens (primary N) is 1. The number of guanidine groups is 1. The van der Waals surface area contributed by atoms with Crippen molar-refractivity contribution in [2.45, 2.75) is 46.0 Å². The summed E-state index contributed by atoms with van der Waals surface area (Å²) >= 11 is 0. The molecule has 1 aliphatic rings. The highest BCUT2D eigenvalue weighted by Gasteiger charge is 2.27. The summed E-state index contributed by atoms with van der Waals surface area (Å²) in [6.07, 6.45) is 5.16. The van der Waals surface area contributed by atoms with Crippen molar-refractivity contribution in [3.8, 4) is 0 Å². The maximum absolute atomic E-state index is 12.1. The highest BCUT2D eigenvalue weighted by atomic mass is 16.6. The SMILES string of the molecule is CCCCN(C(N)=[N+]1CCCCC1)c1nc(C)c([N+](=O)[O-])c(=O)[nH]1. The summed E-state index contributed by atoms with van der Waals surface area (Å²) in [4.78, 5) is 30.8. The first kappa shape index (κ1) is 17.9. The van der Waals surface area contributed by atoms with E-state index in [1.165, 1.54) is 13.3 Å². The molecule has 3 N–H and O–H groups in total. The number of hydrogen-bond acceptors (Lipinski definition) is 4. The number of aryl methyl sites for hydroxylation is 1. The van der Waals surface area contributed by atoms with Crippen molar-refractivity contribution in [2.75, 3.05) is 24.5 Å². The summed E-state index contributed by atoms with van der Waals surface area (Å²) in [5.41, 5.74) is 5.15. The molecule has 0 aliphatic carbocycles. The molecule has 2 heterocycles. The van der Waals surface area contributed by atoms with E-state index in [4.69, 9.17) is 5.73 Å². The van der Waals surface area contributed by atoms with Gasteiger partial charge < -0.3 is 0 Å². The summed E-state index contributed by atoms with van der Waals surface area (Å²) in [6.45, 7) is 5.85. The molecule has 0 amide bonds. The van der Waals surface area contributed by atoms with Gasteiger partial charge in [-0.1, -0.05) is 13.3 Å². The lowest BCUT2D eigenvalue weighted by molar-refractivity contribution is -0.539. The molecule has 0 bridgehead atoms. The topological polar surface area (TPSA) is 121 Å². The number of nitrogens with one attached hydrogen (secondary N) is 1. The molecule has 2 rings (SSSR count). The largest absolute Gasteiger partial charge is 0.355 e. The van der Waals surface area contributed by atoms with Crippen LogP contribution in [0.15, 0.2) is 4.79 Å². The Balaban J connectivity index is 2.45. The van der Waals surface area contributed by atoms with E-state index in [0.29, 0.717) is 12.5 Å². The van der Waals surface area contributed by atoms with Crippen LogP contribution in [-0.2, 0) is 0 Å². The van der Waals surface area contributed by atoms with E-state index in [1.807, 2.05) is 0 Å². The monoisotopic (exact) mass is 337 g/mol. The third-order valence-corrected chi connectivity index (χ3v) is 4.19. The van der Waals surface area contributed by atoms with Gasteiger partial charge in [-0.2, -0.15) is 4.98 Å². The Bertz CT molecular complexity index is 689. The summed E-state index contributed by atoms with van der Waals surface area (Å²) < 4.78 is 2.08. The maximum Gasteiger partial charge on any atom is 0.355 e. The lowest BCUT2D eigenvalue weighted by Gasteiger charge is -2.22. The molecule has 9 nitrogen and oxygen atoms in total. The van der Waals surface area contributed by atoms with Gasteiger partial charge in [0.05, 0.1) is 24.6 Å². The van der Waals surface area contributed by atoms with E-state index in [0.717, 1.165) is 38.8 Å². The number of anilines is 1. The lowest BCUT2D eigenvalue weighted by atomic mass is 10.2. The third kappa shape index (κ3) is 3.90. The zero-order valence-electron chi connectivity index (χ0n) is 14.2. The van der Waals surface area contributed by atoms with Crippen LogP contribution in [0.1, 0.15) is 44.7 Å². The van der Waals surface area contributed by atoms with Gasteiger partial charge in [0.1, 0.15) is 5.69 Å². The molecule has 0 unspecified atom stereocenters. The number of rotatable bonds is 5. The molecule has 0 spiro atoms. The van der Waals surface area contributed by atoms with Crippen LogP contribution in [0.2, 0.25) is 0 Å². The lowest BCUT2D eigenvalue weighted by Crippen LogP contribution is -2.47. The molecule has 1 aliphatic heterocycles. The highest BCUT2D eigenvalue weighted by Crippen LogP contribution is 2.14. The Hall–Kier alpha value is -2.45. The van der Waals surface area contributed by atoms with Gasteiger partial charge in [0.2, 0.25) is 0 Å². The molecule has 0 aromatic carbocycles. The third-order valence-electron chi connectivity index (χ3n) is 4.19. The fourth-order valence-electron chi connectivity index (χ4n) is 2.85. The van der Waals surface area contributed by atoms with Crippen molar-refractivity contribution in [3.05, 3.63) is 26.2 Å². The molecule has 1 aromatic heterocycles. The second-order valence-corrected chi connectivity index (χ2v) is 5.99. The van der Waals surface area contributed by atoms with E-state index in [-0.39, 0.29) is 11.6 Å². The summed E-state index contributed by atoms with van der Waals surface area (Å²) in [6, 6.07) is 0. The predicted octanol–water partition coefficient (Wildman–Crippen LogP) is 1.10. The molecule has 0 atom stereocenters. The Morgan fingerprint density at radius 2 is 2.08 bits per heavy atom.